The van der Waals surface area contributed by atoms with Crippen molar-refractivity contribution >= 4 is 54.5 Å². The summed E-state index contributed by atoms with van der Waals surface area (Å²) in [5.41, 5.74) is 0. The number of hydrogen-bond donors (Lipinski definition) is 1. The Bertz CT molecular complexity index is 471. The van der Waals surface area contributed by atoms with Gasteiger partial charge in [0.15, 0.2) is 0 Å². The lowest BCUT2D eigenvalue weighted by Crippen LogP contribution is -1.76. The smallest absolute Gasteiger partial charge is 0.0201 e. The van der Waals surface area contributed by atoms with Crippen molar-refractivity contribution in [1.82, 2.24) is 0 Å². The van der Waals surface area contributed by atoms with Gasteiger partial charge in [0.1, 0.15) is 0 Å². The minimum absolute atomic E-state index is 1.01. The average molecular weight is 376 g/mol. The van der Waals surface area contributed by atoms with E-state index in [0.29, 0.717) is 0 Å². The number of rotatable bonds is 3. The van der Waals surface area contributed by atoms with E-state index in [4.69, 9.17) is 0 Å². The van der Waals surface area contributed by atoms with Crippen LogP contribution in [0.2, 0.25) is 0 Å². The molecule has 0 spiro atoms. The van der Waals surface area contributed by atoms with Crippen LogP contribution >= 0.6 is 54.5 Å². The van der Waals surface area contributed by atoms with Crippen molar-refractivity contribution in [3.63, 3.8) is 0 Å². The molecule has 0 saturated heterocycles. The van der Waals surface area contributed by atoms with Crippen molar-refractivity contribution in [3.8, 4) is 0 Å². The first-order valence-corrected chi connectivity index (χ1v) is 9.26. The number of thiol groups is 1. The minimum Gasteiger partial charge on any atom is -0.143 e. The van der Waals surface area contributed by atoms with Crippen LogP contribution < -0.4 is 0 Å². The van der Waals surface area contributed by atoms with E-state index in [-0.39, 0.29) is 0 Å². The Hall–Kier alpha value is 0.220. The summed E-state index contributed by atoms with van der Waals surface area (Å²) in [5, 5.41) is 0. The molecule has 2 aromatic rings. The molecule has 0 N–H and O–H groups in total. The lowest BCUT2D eigenvalue weighted by molar-refractivity contribution is 1.24. The maximum absolute atomic E-state index is 4.41. The highest BCUT2D eigenvalue weighted by molar-refractivity contribution is 14.2. The van der Waals surface area contributed by atoms with Crippen molar-refractivity contribution in [3.05, 3.63) is 48.5 Å². The Morgan fingerprint density at radius 1 is 0.875 bits per heavy atom. The summed E-state index contributed by atoms with van der Waals surface area (Å²) in [7, 11) is 1.72. The predicted molar refractivity (Wildman–Crippen MR) is 84.1 cm³/mol. The fourth-order valence-corrected chi connectivity index (χ4v) is 3.86. The summed E-state index contributed by atoms with van der Waals surface area (Å²) < 4.78 is 0. The molecule has 0 aliphatic rings. The molecule has 0 heterocycles. The third-order valence-corrected chi connectivity index (χ3v) is 5.11. The van der Waals surface area contributed by atoms with Gasteiger partial charge in [0.25, 0.3) is 0 Å². The van der Waals surface area contributed by atoms with E-state index < -0.39 is 0 Å². The minimum atomic E-state index is 1.01. The van der Waals surface area contributed by atoms with Crippen molar-refractivity contribution < 1.29 is 0 Å². The topological polar surface area (TPSA) is 0 Å². The fourth-order valence-electron chi connectivity index (χ4n) is 1.28. The Morgan fingerprint density at radius 2 is 1.56 bits per heavy atom. The normalized spacial score (nSPS) is 10.4. The Balaban J connectivity index is 2.24. The van der Waals surface area contributed by atoms with Crippen LogP contribution in [0.25, 0.3) is 0 Å². The molecule has 16 heavy (non-hydrogen) atoms. The van der Waals surface area contributed by atoms with Crippen molar-refractivity contribution in [2.24, 2.45) is 0 Å². The van der Waals surface area contributed by atoms with Crippen LogP contribution in [0.3, 0.4) is 0 Å². The molecule has 0 bridgehead atoms. The largest absolute Gasteiger partial charge is 0.143 e. The second-order valence-corrected chi connectivity index (χ2v) is 6.77. The monoisotopic (exact) mass is 376 g/mol. The standard InChI is InChI=1S/C12H9IS3/c13-16-12-7-9(14)6-11(8-12)15-10-4-2-1-3-5-10/h1-8,14H. The molecular weight excluding hydrogens is 367 g/mol. The lowest BCUT2D eigenvalue weighted by atomic mass is 10.4. The van der Waals surface area contributed by atoms with Gasteiger partial charge in [-0.1, -0.05) is 38.9 Å². The maximum Gasteiger partial charge on any atom is 0.0201 e. The lowest BCUT2D eigenvalue weighted by Gasteiger charge is -2.04. The molecule has 0 aliphatic heterocycles. The van der Waals surface area contributed by atoms with Gasteiger partial charge in [-0.3, -0.25) is 0 Å². The molecule has 0 atom stereocenters. The third kappa shape index (κ3) is 3.61. The van der Waals surface area contributed by atoms with E-state index in [0.717, 1.165) is 4.90 Å². The third-order valence-electron chi connectivity index (χ3n) is 1.93. The SMILES string of the molecule is Sc1cc(SI)cc(Sc2ccccc2)c1. The van der Waals surface area contributed by atoms with E-state index in [9.17, 15) is 0 Å². The zero-order valence-electron chi connectivity index (χ0n) is 8.26. The Kier molecular flexibility index (Phi) is 4.94. The quantitative estimate of drug-likeness (QED) is 0.550. The molecule has 0 amide bonds. The second kappa shape index (κ2) is 6.23. The highest BCUT2D eigenvalue weighted by Gasteiger charge is 2.01. The molecule has 4 heteroatoms. The molecule has 0 unspecified atom stereocenters. The molecule has 0 radical (unpaired) electrons. The van der Waals surface area contributed by atoms with Gasteiger partial charge in [-0.2, -0.15) is 0 Å². The molecule has 0 aliphatic carbocycles. The zero-order chi connectivity index (χ0) is 11.4. The molecule has 2 aromatic carbocycles. The van der Waals surface area contributed by atoms with Gasteiger partial charge in [-0.25, -0.2) is 0 Å². The highest BCUT2D eigenvalue weighted by atomic mass is 127. The molecule has 0 aromatic heterocycles. The summed E-state index contributed by atoms with van der Waals surface area (Å²) in [4.78, 5) is 4.75. The van der Waals surface area contributed by atoms with E-state index in [1.807, 2.05) is 6.07 Å². The van der Waals surface area contributed by atoms with Gasteiger partial charge in [0.2, 0.25) is 0 Å². The van der Waals surface area contributed by atoms with Gasteiger partial charge in [0, 0.05) is 40.8 Å². The molecule has 0 fully saturated rings. The van der Waals surface area contributed by atoms with Crippen LogP contribution in [-0.2, 0) is 0 Å². The van der Waals surface area contributed by atoms with E-state index >= 15 is 0 Å². The summed E-state index contributed by atoms with van der Waals surface area (Å²) in [6.45, 7) is 0. The van der Waals surface area contributed by atoms with Crippen molar-refractivity contribution in [1.29, 1.82) is 0 Å². The second-order valence-electron chi connectivity index (χ2n) is 3.15. The van der Waals surface area contributed by atoms with Crippen molar-refractivity contribution in [2.45, 2.75) is 19.6 Å². The van der Waals surface area contributed by atoms with E-state index in [1.165, 1.54) is 14.7 Å². The van der Waals surface area contributed by atoms with Crippen LogP contribution in [-0.4, -0.2) is 0 Å². The summed E-state index contributed by atoms with van der Waals surface area (Å²) in [6.07, 6.45) is 0. The molecule has 0 saturated carbocycles. The summed E-state index contributed by atoms with van der Waals surface area (Å²) in [6, 6.07) is 16.7. The average Bonchev–Trinajstić information content (AvgIpc) is 2.29. The van der Waals surface area contributed by atoms with Crippen LogP contribution in [0.15, 0.2) is 68.1 Å². The van der Waals surface area contributed by atoms with Crippen LogP contribution in [0.1, 0.15) is 0 Å². The molecule has 2 rings (SSSR count). The van der Waals surface area contributed by atoms with Gasteiger partial charge in [-0.15, -0.1) is 12.6 Å². The number of benzene rings is 2. The highest BCUT2D eigenvalue weighted by Crippen LogP contribution is 2.34. The first-order chi connectivity index (χ1) is 7.78. The molecule has 82 valence electrons. The Morgan fingerprint density at radius 3 is 2.25 bits per heavy atom. The van der Waals surface area contributed by atoms with Gasteiger partial charge >= 0.3 is 0 Å². The molecular formula is C12H9IS3. The van der Waals surface area contributed by atoms with Gasteiger partial charge < -0.3 is 0 Å². The first-order valence-electron chi connectivity index (χ1n) is 4.63. The van der Waals surface area contributed by atoms with Crippen LogP contribution in [0.4, 0.5) is 0 Å². The van der Waals surface area contributed by atoms with Crippen molar-refractivity contribution in [2.75, 3.05) is 0 Å². The predicted octanol–water partition coefficient (Wildman–Crippen LogP) is 5.57. The first kappa shape index (κ1) is 12.7. The maximum atomic E-state index is 4.41. The number of hydrogen-bond acceptors (Lipinski definition) is 3. The molecule has 0 nitrogen and oxygen atoms in total. The van der Waals surface area contributed by atoms with Gasteiger partial charge in [-0.05, 0) is 30.3 Å². The fraction of sp³-hybridized carbons (Fsp3) is 0. The summed E-state index contributed by atoms with van der Waals surface area (Å²) in [5.74, 6) is 0. The van der Waals surface area contributed by atoms with Gasteiger partial charge in [0.05, 0.1) is 0 Å². The summed E-state index contributed by atoms with van der Waals surface area (Å²) >= 11 is 8.47. The van der Waals surface area contributed by atoms with E-state index in [2.05, 4.69) is 76.3 Å². The zero-order valence-corrected chi connectivity index (χ0v) is 12.9. The van der Waals surface area contributed by atoms with E-state index in [1.54, 1.807) is 20.7 Å². The van der Waals surface area contributed by atoms with Crippen LogP contribution in [0, 0.1) is 0 Å². The van der Waals surface area contributed by atoms with Crippen LogP contribution in [0.5, 0.6) is 0 Å². The Labute approximate surface area is 122 Å². The number of halogens is 1.